The summed E-state index contributed by atoms with van der Waals surface area (Å²) in [7, 11) is 1.28. The second-order valence-electron chi connectivity index (χ2n) is 5.26. The molecular formula is C18H17ClF2N2O4. The van der Waals surface area contributed by atoms with Gasteiger partial charge in [0, 0.05) is 29.2 Å². The summed E-state index contributed by atoms with van der Waals surface area (Å²) in [6.07, 6.45) is 0. The SMILES string of the molecule is COc1cc(C(=O)NCCNC(=O)c2ccc(Cl)cc2)ccc1OC(F)F. The highest BCUT2D eigenvalue weighted by molar-refractivity contribution is 6.30. The smallest absolute Gasteiger partial charge is 0.387 e. The molecule has 27 heavy (non-hydrogen) atoms. The number of benzene rings is 2. The average molecular weight is 399 g/mol. The molecule has 0 spiro atoms. The number of rotatable bonds is 8. The number of halogens is 3. The van der Waals surface area contributed by atoms with Crippen molar-refractivity contribution in [2.75, 3.05) is 20.2 Å². The van der Waals surface area contributed by atoms with E-state index in [1.54, 1.807) is 24.3 Å². The Morgan fingerprint density at radius 2 is 1.52 bits per heavy atom. The van der Waals surface area contributed by atoms with Gasteiger partial charge in [-0.3, -0.25) is 9.59 Å². The minimum Gasteiger partial charge on any atom is -0.493 e. The summed E-state index contributed by atoms with van der Waals surface area (Å²) >= 11 is 5.76. The van der Waals surface area contributed by atoms with E-state index in [2.05, 4.69) is 15.4 Å². The monoisotopic (exact) mass is 398 g/mol. The van der Waals surface area contributed by atoms with Gasteiger partial charge < -0.3 is 20.1 Å². The number of hydrogen-bond acceptors (Lipinski definition) is 4. The van der Waals surface area contributed by atoms with Crippen molar-refractivity contribution in [3.8, 4) is 11.5 Å². The Morgan fingerprint density at radius 1 is 0.963 bits per heavy atom. The molecule has 0 atom stereocenters. The largest absolute Gasteiger partial charge is 0.493 e. The normalized spacial score (nSPS) is 10.4. The molecule has 0 saturated heterocycles. The lowest BCUT2D eigenvalue weighted by atomic mass is 10.2. The van der Waals surface area contributed by atoms with Crippen molar-refractivity contribution < 1.29 is 27.8 Å². The number of carbonyl (C=O) groups excluding carboxylic acids is 2. The summed E-state index contributed by atoms with van der Waals surface area (Å²) in [5, 5.41) is 5.79. The van der Waals surface area contributed by atoms with Crippen LogP contribution in [0, 0.1) is 0 Å². The van der Waals surface area contributed by atoms with Crippen LogP contribution < -0.4 is 20.1 Å². The average Bonchev–Trinajstić information content (AvgIpc) is 2.65. The molecule has 0 bridgehead atoms. The van der Waals surface area contributed by atoms with Crippen LogP contribution in [0.3, 0.4) is 0 Å². The molecule has 2 amide bonds. The van der Waals surface area contributed by atoms with Gasteiger partial charge in [-0.1, -0.05) is 11.6 Å². The number of methoxy groups -OCH3 is 1. The summed E-state index contributed by atoms with van der Waals surface area (Å²) in [5.41, 5.74) is 0.655. The molecule has 0 fully saturated rings. The number of hydrogen-bond donors (Lipinski definition) is 2. The molecule has 2 aromatic rings. The number of ether oxygens (including phenoxy) is 2. The zero-order valence-corrected chi connectivity index (χ0v) is 15.1. The van der Waals surface area contributed by atoms with E-state index in [1.165, 1.54) is 25.3 Å². The number of nitrogens with one attached hydrogen (secondary N) is 2. The fraction of sp³-hybridized carbons (Fsp3) is 0.222. The number of carbonyl (C=O) groups is 2. The number of amides is 2. The van der Waals surface area contributed by atoms with Gasteiger partial charge in [0.05, 0.1) is 7.11 Å². The minimum absolute atomic E-state index is 0.0130. The maximum Gasteiger partial charge on any atom is 0.387 e. The van der Waals surface area contributed by atoms with E-state index in [0.29, 0.717) is 10.6 Å². The van der Waals surface area contributed by atoms with Gasteiger partial charge >= 0.3 is 6.61 Å². The Labute approximate surface area is 159 Å². The lowest BCUT2D eigenvalue weighted by molar-refractivity contribution is -0.0512. The lowest BCUT2D eigenvalue weighted by Gasteiger charge is -2.12. The van der Waals surface area contributed by atoms with E-state index < -0.39 is 12.5 Å². The molecule has 6 nitrogen and oxygen atoms in total. The highest BCUT2D eigenvalue weighted by atomic mass is 35.5. The Morgan fingerprint density at radius 3 is 2.07 bits per heavy atom. The quantitative estimate of drug-likeness (QED) is 0.670. The maximum absolute atomic E-state index is 12.3. The molecule has 0 saturated carbocycles. The summed E-state index contributed by atoms with van der Waals surface area (Å²) in [6.45, 7) is -2.62. The van der Waals surface area contributed by atoms with Crippen LogP contribution in [0.4, 0.5) is 8.78 Å². The second kappa shape index (κ2) is 9.72. The van der Waals surface area contributed by atoms with Gasteiger partial charge in [0.15, 0.2) is 11.5 Å². The summed E-state index contributed by atoms with van der Waals surface area (Å²) in [5.74, 6) is -0.896. The van der Waals surface area contributed by atoms with Gasteiger partial charge in [0.2, 0.25) is 0 Å². The third-order valence-corrected chi connectivity index (χ3v) is 3.70. The van der Waals surface area contributed by atoms with Crippen LogP contribution in [0.5, 0.6) is 11.5 Å². The Kier molecular flexibility index (Phi) is 7.36. The van der Waals surface area contributed by atoms with Gasteiger partial charge in [-0.05, 0) is 42.5 Å². The highest BCUT2D eigenvalue weighted by Gasteiger charge is 2.14. The minimum atomic E-state index is -3.00. The Balaban J connectivity index is 1.84. The first kappa shape index (κ1) is 20.4. The van der Waals surface area contributed by atoms with Crippen LogP contribution in [-0.4, -0.2) is 38.6 Å². The summed E-state index contributed by atoms with van der Waals surface area (Å²) in [4.78, 5) is 24.0. The van der Waals surface area contributed by atoms with Crippen molar-refractivity contribution in [1.82, 2.24) is 10.6 Å². The zero-order valence-electron chi connectivity index (χ0n) is 14.3. The van der Waals surface area contributed by atoms with E-state index in [9.17, 15) is 18.4 Å². The van der Waals surface area contributed by atoms with Crippen LogP contribution in [0.15, 0.2) is 42.5 Å². The molecule has 0 aromatic heterocycles. The van der Waals surface area contributed by atoms with Gasteiger partial charge in [-0.15, -0.1) is 0 Å². The van der Waals surface area contributed by atoms with Crippen molar-refractivity contribution in [3.63, 3.8) is 0 Å². The zero-order chi connectivity index (χ0) is 19.8. The van der Waals surface area contributed by atoms with Crippen LogP contribution in [0.1, 0.15) is 20.7 Å². The lowest BCUT2D eigenvalue weighted by Crippen LogP contribution is -2.34. The molecule has 2 rings (SSSR count). The van der Waals surface area contributed by atoms with Crippen molar-refractivity contribution >= 4 is 23.4 Å². The Hall–Kier alpha value is -2.87. The fourth-order valence-electron chi connectivity index (χ4n) is 2.16. The molecule has 9 heteroatoms. The molecular weight excluding hydrogens is 382 g/mol. The standard InChI is InChI=1S/C18H17ClF2N2O4/c1-26-15-10-12(4-7-14(15)27-18(20)21)17(25)23-9-8-22-16(24)11-2-5-13(19)6-3-11/h2-7,10,18H,8-9H2,1H3,(H,22,24)(H,23,25). The molecule has 0 unspecified atom stereocenters. The van der Waals surface area contributed by atoms with E-state index in [1.807, 2.05) is 0 Å². The van der Waals surface area contributed by atoms with Crippen molar-refractivity contribution in [2.24, 2.45) is 0 Å². The van der Waals surface area contributed by atoms with Crippen LogP contribution in [0.2, 0.25) is 5.02 Å². The summed E-state index contributed by atoms with van der Waals surface area (Å²) < 4.78 is 33.9. The van der Waals surface area contributed by atoms with Crippen LogP contribution >= 0.6 is 11.6 Å². The second-order valence-corrected chi connectivity index (χ2v) is 5.70. The molecule has 0 heterocycles. The number of alkyl halides is 2. The fourth-order valence-corrected chi connectivity index (χ4v) is 2.29. The van der Waals surface area contributed by atoms with Crippen molar-refractivity contribution in [2.45, 2.75) is 6.61 Å². The summed E-state index contributed by atoms with van der Waals surface area (Å²) in [6, 6.07) is 10.2. The van der Waals surface area contributed by atoms with Crippen LogP contribution in [0.25, 0.3) is 0 Å². The first-order chi connectivity index (χ1) is 12.9. The molecule has 0 aliphatic carbocycles. The van der Waals surface area contributed by atoms with E-state index in [4.69, 9.17) is 16.3 Å². The van der Waals surface area contributed by atoms with E-state index in [0.717, 1.165) is 0 Å². The molecule has 2 aromatic carbocycles. The third-order valence-electron chi connectivity index (χ3n) is 3.44. The van der Waals surface area contributed by atoms with Crippen molar-refractivity contribution in [1.29, 1.82) is 0 Å². The maximum atomic E-state index is 12.3. The Bertz CT molecular complexity index is 800. The first-order valence-electron chi connectivity index (χ1n) is 7.85. The van der Waals surface area contributed by atoms with E-state index in [-0.39, 0.29) is 36.1 Å². The molecule has 0 radical (unpaired) electrons. The van der Waals surface area contributed by atoms with Gasteiger partial charge in [0.25, 0.3) is 11.8 Å². The molecule has 144 valence electrons. The van der Waals surface area contributed by atoms with E-state index >= 15 is 0 Å². The van der Waals surface area contributed by atoms with Gasteiger partial charge in [0.1, 0.15) is 0 Å². The predicted molar refractivity (Wildman–Crippen MR) is 95.7 cm³/mol. The third kappa shape index (κ3) is 6.10. The van der Waals surface area contributed by atoms with Crippen LogP contribution in [-0.2, 0) is 0 Å². The van der Waals surface area contributed by atoms with Gasteiger partial charge in [-0.2, -0.15) is 8.78 Å². The van der Waals surface area contributed by atoms with Crippen molar-refractivity contribution in [3.05, 3.63) is 58.6 Å². The predicted octanol–water partition coefficient (Wildman–Crippen LogP) is 3.11. The molecule has 0 aliphatic heterocycles. The highest BCUT2D eigenvalue weighted by Crippen LogP contribution is 2.29. The molecule has 0 aliphatic rings. The van der Waals surface area contributed by atoms with Gasteiger partial charge in [-0.25, -0.2) is 0 Å². The topological polar surface area (TPSA) is 76.7 Å². The first-order valence-corrected chi connectivity index (χ1v) is 8.23. The molecule has 2 N–H and O–H groups in total.